The number of Topliss-reactive ketones (excluding diaryl/α,β-unsaturated/α-hetero) is 1. The smallest absolute Gasteiger partial charge is 0.416 e. The number of nitrogens with zero attached hydrogens (tertiary/aromatic N) is 3. The predicted octanol–water partition coefficient (Wildman–Crippen LogP) is 5.31. The zero-order chi connectivity index (χ0) is 27.1. The van der Waals surface area contributed by atoms with E-state index in [-0.39, 0.29) is 22.5 Å². The second kappa shape index (κ2) is 9.41. The molecule has 1 fully saturated rings. The van der Waals surface area contributed by atoms with E-state index in [1.807, 2.05) is 19.0 Å². The van der Waals surface area contributed by atoms with Crippen LogP contribution >= 0.6 is 0 Å². The van der Waals surface area contributed by atoms with Crippen LogP contribution in [0, 0.1) is 10.1 Å². The lowest BCUT2D eigenvalue weighted by molar-refractivity contribution is -0.384. The molecule has 37 heavy (non-hydrogen) atoms. The van der Waals surface area contributed by atoms with E-state index in [0.29, 0.717) is 5.56 Å². The van der Waals surface area contributed by atoms with Crippen molar-refractivity contribution in [1.29, 1.82) is 0 Å². The number of aliphatic hydroxyl groups excluding tert-OH is 1. The molecule has 11 heteroatoms. The van der Waals surface area contributed by atoms with Crippen LogP contribution in [0.25, 0.3) is 5.76 Å². The van der Waals surface area contributed by atoms with Crippen LogP contribution in [0.2, 0.25) is 0 Å². The Kier molecular flexibility index (Phi) is 6.47. The average Bonchev–Trinajstić information content (AvgIpc) is 3.13. The number of ketones is 1. The van der Waals surface area contributed by atoms with Gasteiger partial charge in [-0.1, -0.05) is 24.3 Å². The number of non-ortho nitro benzene ring substituents is 1. The quantitative estimate of drug-likeness (QED) is 0.164. The Balaban J connectivity index is 1.91. The average molecular weight is 511 g/mol. The molecule has 0 aliphatic carbocycles. The molecule has 0 aromatic heterocycles. The van der Waals surface area contributed by atoms with Gasteiger partial charge in [0.15, 0.2) is 0 Å². The first-order valence-electron chi connectivity index (χ1n) is 10.9. The first kappa shape index (κ1) is 25.4. The summed E-state index contributed by atoms with van der Waals surface area (Å²) in [6.07, 6.45) is -4.60. The monoisotopic (exact) mass is 511 g/mol. The molecule has 1 heterocycles. The van der Waals surface area contributed by atoms with Crippen LogP contribution in [0.3, 0.4) is 0 Å². The number of aliphatic hydroxyl groups is 1. The first-order chi connectivity index (χ1) is 17.4. The maximum Gasteiger partial charge on any atom is 0.416 e. The molecule has 1 N–H and O–H groups in total. The molecular weight excluding hydrogens is 491 g/mol. The van der Waals surface area contributed by atoms with Gasteiger partial charge < -0.3 is 10.0 Å². The molecule has 3 aromatic carbocycles. The molecule has 4 rings (SSSR count). The van der Waals surface area contributed by atoms with Gasteiger partial charge in [-0.3, -0.25) is 24.6 Å². The zero-order valence-electron chi connectivity index (χ0n) is 19.6. The Morgan fingerprint density at radius 3 is 2.16 bits per heavy atom. The molecule has 0 bridgehead atoms. The Morgan fingerprint density at radius 1 is 1.00 bits per heavy atom. The van der Waals surface area contributed by atoms with Gasteiger partial charge in [-0.2, -0.15) is 13.2 Å². The third-order valence-corrected chi connectivity index (χ3v) is 5.97. The van der Waals surface area contributed by atoms with Crippen LogP contribution < -0.4 is 9.80 Å². The summed E-state index contributed by atoms with van der Waals surface area (Å²) in [5, 5.41) is 22.3. The Morgan fingerprint density at radius 2 is 1.62 bits per heavy atom. The Labute approximate surface area is 209 Å². The van der Waals surface area contributed by atoms with Gasteiger partial charge in [-0.05, 0) is 42.0 Å². The standard InChI is InChI=1S/C26H20F3N3O5/c1-30(2)18-10-6-15(7-11-18)22-21(23(33)16-4-3-5-20(14-16)32(36)37)24(34)25(35)31(22)19-12-8-17(9-13-19)26(27,28)29/h3-14,22,33H,1-2H3/b23-21-. The minimum absolute atomic E-state index is 0.00915. The molecule has 8 nitrogen and oxygen atoms in total. The van der Waals surface area contributed by atoms with E-state index in [4.69, 9.17) is 0 Å². The fraction of sp³-hybridized carbons (Fsp3) is 0.154. The van der Waals surface area contributed by atoms with Crippen molar-refractivity contribution in [2.24, 2.45) is 0 Å². The number of hydrogen-bond donors (Lipinski definition) is 1. The summed E-state index contributed by atoms with van der Waals surface area (Å²) in [4.78, 5) is 39.7. The maximum absolute atomic E-state index is 13.2. The van der Waals surface area contributed by atoms with E-state index in [0.717, 1.165) is 40.9 Å². The summed E-state index contributed by atoms with van der Waals surface area (Å²) in [5.74, 6) is -2.78. The van der Waals surface area contributed by atoms with E-state index >= 15 is 0 Å². The number of hydrogen-bond acceptors (Lipinski definition) is 6. The molecule has 1 amide bonds. The molecule has 3 aromatic rings. The van der Waals surface area contributed by atoms with Crippen molar-refractivity contribution in [1.82, 2.24) is 0 Å². The third kappa shape index (κ3) is 4.75. The number of anilines is 2. The molecule has 1 aliphatic heterocycles. The molecule has 0 radical (unpaired) electrons. The maximum atomic E-state index is 13.2. The summed E-state index contributed by atoms with van der Waals surface area (Å²) < 4.78 is 39.3. The fourth-order valence-electron chi connectivity index (χ4n) is 4.10. The predicted molar refractivity (Wildman–Crippen MR) is 130 cm³/mol. The number of alkyl halides is 3. The van der Waals surface area contributed by atoms with E-state index in [1.54, 1.807) is 24.3 Å². The molecule has 0 spiro atoms. The molecule has 0 saturated carbocycles. The van der Waals surface area contributed by atoms with Crippen LogP contribution in [-0.2, 0) is 15.8 Å². The highest BCUT2D eigenvalue weighted by Crippen LogP contribution is 2.43. The number of rotatable bonds is 5. The summed E-state index contributed by atoms with van der Waals surface area (Å²) in [7, 11) is 3.62. The second-order valence-electron chi connectivity index (χ2n) is 8.51. The van der Waals surface area contributed by atoms with E-state index in [2.05, 4.69) is 0 Å². The van der Waals surface area contributed by atoms with E-state index in [9.17, 15) is 38.0 Å². The molecular formula is C26H20F3N3O5. The van der Waals surface area contributed by atoms with Crippen molar-refractivity contribution in [3.63, 3.8) is 0 Å². The van der Waals surface area contributed by atoms with Gasteiger partial charge in [0.1, 0.15) is 5.76 Å². The first-order valence-corrected chi connectivity index (χ1v) is 10.9. The summed E-state index contributed by atoms with van der Waals surface area (Å²) in [6, 6.07) is 14.2. The highest BCUT2D eigenvalue weighted by molar-refractivity contribution is 6.51. The van der Waals surface area contributed by atoms with Crippen LogP contribution in [-0.4, -0.2) is 35.8 Å². The lowest BCUT2D eigenvalue weighted by Gasteiger charge is -2.26. The van der Waals surface area contributed by atoms with Crippen molar-refractivity contribution in [2.75, 3.05) is 23.9 Å². The third-order valence-electron chi connectivity index (χ3n) is 5.97. The zero-order valence-corrected chi connectivity index (χ0v) is 19.6. The number of halogens is 3. The molecule has 190 valence electrons. The van der Waals surface area contributed by atoms with Crippen LogP contribution in [0.1, 0.15) is 22.7 Å². The van der Waals surface area contributed by atoms with Gasteiger partial charge in [0.2, 0.25) is 0 Å². The van der Waals surface area contributed by atoms with Crippen LogP contribution in [0.5, 0.6) is 0 Å². The molecule has 1 unspecified atom stereocenters. The summed E-state index contributed by atoms with van der Waals surface area (Å²) in [6.45, 7) is 0. The van der Waals surface area contributed by atoms with Crippen molar-refractivity contribution >= 4 is 34.5 Å². The summed E-state index contributed by atoms with van der Waals surface area (Å²) >= 11 is 0. The minimum Gasteiger partial charge on any atom is -0.507 e. The second-order valence-corrected chi connectivity index (χ2v) is 8.51. The number of amides is 1. The fourth-order valence-corrected chi connectivity index (χ4v) is 4.10. The molecule has 1 aliphatic rings. The van der Waals surface area contributed by atoms with Crippen molar-refractivity contribution in [2.45, 2.75) is 12.2 Å². The normalized spacial score (nSPS) is 17.2. The van der Waals surface area contributed by atoms with Crippen LogP contribution in [0.4, 0.5) is 30.2 Å². The minimum atomic E-state index is -4.60. The summed E-state index contributed by atoms with van der Waals surface area (Å²) in [5.41, 5.74) is -0.470. The number of nitro benzene ring substituents is 1. The van der Waals surface area contributed by atoms with E-state index in [1.165, 1.54) is 18.2 Å². The number of nitro groups is 1. The van der Waals surface area contributed by atoms with E-state index < -0.39 is 40.2 Å². The van der Waals surface area contributed by atoms with Gasteiger partial charge >= 0.3 is 6.18 Å². The highest BCUT2D eigenvalue weighted by atomic mass is 19.4. The highest BCUT2D eigenvalue weighted by Gasteiger charge is 2.47. The number of benzene rings is 3. The van der Waals surface area contributed by atoms with Crippen molar-refractivity contribution in [3.8, 4) is 0 Å². The Hall–Kier alpha value is -4.67. The number of carbonyl (C=O) groups excluding carboxylic acids is 2. The van der Waals surface area contributed by atoms with Gasteiger partial charge in [0.25, 0.3) is 17.4 Å². The Bertz CT molecular complexity index is 1410. The van der Waals surface area contributed by atoms with Crippen LogP contribution in [0.15, 0.2) is 78.4 Å². The van der Waals surface area contributed by atoms with Gasteiger partial charge in [0, 0.05) is 43.2 Å². The van der Waals surface area contributed by atoms with Crippen molar-refractivity contribution in [3.05, 3.63) is 105 Å². The SMILES string of the molecule is CN(C)c1ccc(C2/C(=C(/O)c3cccc([N+](=O)[O-])c3)C(=O)C(=O)N2c2ccc(C(F)(F)F)cc2)cc1. The largest absolute Gasteiger partial charge is 0.507 e. The number of carbonyl (C=O) groups is 2. The molecule has 1 saturated heterocycles. The van der Waals surface area contributed by atoms with Gasteiger partial charge in [0.05, 0.1) is 22.1 Å². The molecule has 1 atom stereocenters. The topological polar surface area (TPSA) is 104 Å². The lowest BCUT2D eigenvalue weighted by Crippen LogP contribution is -2.29. The lowest BCUT2D eigenvalue weighted by atomic mass is 9.94. The van der Waals surface area contributed by atoms with Gasteiger partial charge in [-0.15, -0.1) is 0 Å². The van der Waals surface area contributed by atoms with Gasteiger partial charge in [-0.25, -0.2) is 0 Å². The van der Waals surface area contributed by atoms with Crippen molar-refractivity contribution < 1.29 is 32.8 Å².